The molecule has 3 aromatic rings. The van der Waals surface area contributed by atoms with Gasteiger partial charge < -0.3 is 0 Å². The van der Waals surface area contributed by atoms with Crippen LogP contribution in [0, 0.1) is 6.92 Å². The minimum absolute atomic E-state index is 0.107. The van der Waals surface area contributed by atoms with Gasteiger partial charge in [0.15, 0.2) is 5.82 Å². The van der Waals surface area contributed by atoms with E-state index in [0.717, 1.165) is 11.8 Å². The molecule has 3 nitrogen and oxygen atoms in total. The molecule has 0 bridgehead atoms. The van der Waals surface area contributed by atoms with Gasteiger partial charge in [-0.1, -0.05) is 24.3 Å². The Bertz CT molecular complexity index is 860. The molecule has 0 atom stereocenters. The smallest absolute Gasteiger partial charge is 0.253 e. The second-order valence-electron chi connectivity index (χ2n) is 5.36. The van der Waals surface area contributed by atoms with E-state index in [9.17, 15) is 13.2 Å². The van der Waals surface area contributed by atoms with Gasteiger partial charge in [0.05, 0.1) is 5.56 Å². The molecule has 0 aliphatic rings. The number of aromatic nitrogens is 3. The second-order valence-corrected chi connectivity index (χ2v) is 5.36. The maximum atomic E-state index is 13.2. The molecule has 24 heavy (non-hydrogen) atoms. The Balaban J connectivity index is 2.04. The van der Waals surface area contributed by atoms with Crippen LogP contribution in [0.25, 0.3) is 11.5 Å². The Kier molecular flexibility index (Phi) is 4.29. The number of hydrogen-bond acceptors (Lipinski definition) is 3. The van der Waals surface area contributed by atoms with Crippen molar-refractivity contribution < 1.29 is 13.2 Å². The summed E-state index contributed by atoms with van der Waals surface area (Å²) in [5, 5.41) is 0. The van der Waals surface area contributed by atoms with Crippen LogP contribution in [-0.2, 0) is 12.6 Å². The van der Waals surface area contributed by atoms with Crippen LogP contribution in [0.15, 0.2) is 54.9 Å². The fourth-order valence-electron chi connectivity index (χ4n) is 2.50. The van der Waals surface area contributed by atoms with E-state index in [-0.39, 0.29) is 12.0 Å². The molecule has 2 heterocycles. The standard InChI is InChI=1S/C18H14F3N3/c1-12-8-10-23-17(24-12)16-14(6-4-9-22-16)11-13-5-2-3-7-15(13)18(19,20)21/h2-10H,11H2,1H3. The fraction of sp³-hybridized carbons (Fsp3) is 0.167. The largest absolute Gasteiger partial charge is 0.416 e. The average Bonchev–Trinajstić information content (AvgIpc) is 2.55. The normalized spacial score (nSPS) is 11.5. The highest BCUT2D eigenvalue weighted by molar-refractivity contribution is 5.56. The van der Waals surface area contributed by atoms with Crippen molar-refractivity contribution in [2.75, 3.05) is 0 Å². The molecular weight excluding hydrogens is 315 g/mol. The molecule has 0 N–H and O–H groups in total. The van der Waals surface area contributed by atoms with Crippen LogP contribution in [0.5, 0.6) is 0 Å². The molecule has 0 spiro atoms. The van der Waals surface area contributed by atoms with Crippen molar-refractivity contribution >= 4 is 0 Å². The minimum atomic E-state index is -4.39. The lowest BCUT2D eigenvalue weighted by molar-refractivity contribution is -0.138. The van der Waals surface area contributed by atoms with Gasteiger partial charge in [-0.25, -0.2) is 9.97 Å². The first-order valence-corrected chi connectivity index (χ1v) is 7.34. The van der Waals surface area contributed by atoms with Crippen molar-refractivity contribution in [1.82, 2.24) is 15.0 Å². The van der Waals surface area contributed by atoms with Gasteiger partial charge in [-0.05, 0) is 36.2 Å². The first-order chi connectivity index (χ1) is 11.4. The Hall–Kier alpha value is -2.76. The SMILES string of the molecule is Cc1ccnc(-c2ncccc2Cc2ccccc2C(F)(F)F)n1. The third-order valence-corrected chi connectivity index (χ3v) is 3.60. The maximum absolute atomic E-state index is 13.2. The van der Waals surface area contributed by atoms with Gasteiger partial charge in [-0.2, -0.15) is 13.2 Å². The highest BCUT2D eigenvalue weighted by Gasteiger charge is 2.33. The molecule has 2 aromatic heterocycles. The maximum Gasteiger partial charge on any atom is 0.416 e. The Labute approximate surface area is 137 Å². The molecule has 6 heteroatoms. The van der Waals surface area contributed by atoms with Crippen molar-refractivity contribution in [3.63, 3.8) is 0 Å². The molecule has 0 unspecified atom stereocenters. The first kappa shape index (κ1) is 16.1. The predicted octanol–water partition coefficient (Wildman–Crippen LogP) is 4.46. The first-order valence-electron chi connectivity index (χ1n) is 7.34. The summed E-state index contributed by atoms with van der Waals surface area (Å²) >= 11 is 0. The second kappa shape index (κ2) is 6.39. The summed E-state index contributed by atoms with van der Waals surface area (Å²) in [7, 11) is 0. The van der Waals surface area contributed by atoms with E-state index in [1.165, 1.54) is 12.1 Å². The van der Waals surface area contributed by atoms with Crippen molar-refractivity contribution in [2.24, 2.45) is 0 Å². The summed E-state index contributed by atoms with van der Waals surface area (Å²) in [5.41, 5.74) is 1.49. The van der Waals surface area contributed by atoms with Gasteiger partial charge in [-0.15, -0.1) is 0 Å². The molecule has 0 aliphatic carbocycles. The number of alkyl halides is 3. The zero-order chi connectivity index (χ0) is 17.2. The summed E-state index contributed by atoms with van der Waals surface area (Å²) in [6.07, 6.45) is -1.09. The molecule has 0 aliphatic heterocycles. The highest BCUT2D eigenvalue weighted by atomic mass is 19.4. The average molecular weight is 329 g/mol. The van der Waals surface area contributed by atoms with Gasteiger partial charge in [0.1, 0.15) is 5.69 Å². The molecule has 3 rings (SSSR count). The lowest BCUT2D eigenvalue weighted by atomic mass is 9.98. The number of rotatable bonds is 3. The fourth-order valence-corrected chi connectivity index (χ4v) is 2.50. The monoisotopic (exact) mass is 329 g/mol. The van der Waals surface area contributed by atoms with Crippen LogP contribution < -0.4 is 0 Å². The quantitative estimate of drug-likeness (QED) is 0.712. The van der Waals surface area contributed by atoms with Gasteiger partial charge in [-0.3, -0.25) is 4.98 Å². The van der Waals surface area contributed by atoms with Crippen molar-refractivity contribution in [3.05, 3.63) is 77.2 Å². The van der Waals surface area contributed by atoms with E-state index < -0.39 is 11.7 Å². The number of benzene rings is 1. The van der Waals surface area contributed by atoms with Gasteiger partial charge in [0, 0.05) is 24.5 Å². The summed E-state index contributed by atoms with van der Waals surface area (Å²) in [5.74, 6) is 0.412. The molecule has 0 saturated carbocycles. The van der Waals surface area contributed by atoms with E-state index in [1.807, 2.05) is 6.92 Å². The van der Waals surface area contributed by atoms with Crippen LogP contribution in [0.2, 0.25) is 0 Å². The van der Waals surface area contributed by atoms with E-state index >= 15 is 0 Å². The molecule has 0 saturated heterocycles. The van der Waals surface area contributed by atoms with Gasteiger partial charge in [0.25, 0.3) is 0 Å². The zero-order valence-electron chi connectivity index (χ0n) is 12.9. The van der Waals surface area contributed by atoms with Crippen molar-refractivity contribution in [1.29, 1.82) is 0 Å². The van der Waals surface area contributed by atoms with Crippen molar-refractivity contribution in [2.45, 2.75) is 19.5 Å². The summed E-state index contributed by atoms with van der Waals surface area (Å²) < 4.78 is 39.6. The number of halogens is 3. The number of nitrogens with zero attached hydrogens (tertiary/aromatic N) is 3. The van der Waals surface area contributed by atoms with Crippen LogP contribution in [-0.4, -0.2) is 15.0 Å². The Morgan fingerprint density at radius 2 is 1.62 bits per heavy atom. The molecular formula is C18H14F3N3. The van der Waals surface area contributed by atoms with Crippen LogP contribution in [0.3, 0.4) is 0 Å². The number of hydrogen-bond donors (Lipinski definition) is 0. The predicted molar refractivity (Wildman–Crippen MR) is 84.3 cm³/mol. The van der Waals surface area contributed by atoms with E-state index in [0.29, 0.717) is 17.1 Å². The van der Waals surface area contributed by atoms with Crippen LogP contribution in [0.1, 0.15) is 22.4 Å². The summed E-state index contributed by atoms with van der Waals surface area (Å²) in [6, 6.07) is 10.8. The van der Waals surface area contributed by atoms with Crippen LogP contribution >= 0.6 is 0 Å². The third kappa shape index (κ3) is 3.42. The van der Waals surface area contributed by atoms with Crippen molar-refractivity contribution in [3.8, 4) is 11.5 Å². The lowest BCUT2D eigenvalue weighted by Gasteiger charge is -2.14. The zero-order valence-corrected chi connectivity index (χ0v) is 12.9. The number of pyridine rings is 1. The highest BCUT2D eigenvalue weighted by Crippen LogP contribution is 2.33. The van der Waals surface area contributed by atoms with Gasteiger partial charge in [0.2, 0.25) is 0 Å². The summed E-state index contributed by atoms with van der Waals surface area (Å²) in [6.45, 7) is 1.83. The Morgan fingerprint density at radius 1 is 0.875 bits per heavy atom. The van der Waals surface area contributed by atoms with E-state index in [1.54, 1.807) is 36.7 Å². The topological polar surface area (TPSA) is 38.7 Å². The molecule has 122 valence electrons. The van der Waals surface area contributed by atoms with Crippen LogP contribution in [0.4, 0.5) is 13.2 Å². The molecule has 0 radical (unpaired) electrons. The third-order valence-electron chi connectivity index (χ3n) is 3.60. The molecule has 0 amide bonds. The van der Waals surface area contributed by atoms with E-state index in [4.69, 9.17) is 0 Å². The Morgan fingerprint density at radius 3 is 2.38 bits per heavy atom. The molecule has 0 fully saturated rings. The summed E-state index contributed by atoms with van der Waals surface area (Å²) in [4.78, 5) is 12.8. The molecule has 1 aromatic carbocycles. The number of aryl methyl sites for hydroxylation is 1. The van der Waals surface area contributed by atoms with Gasteiger partial charge >= 0.3 is 6.18 Å². The van der Waals surface area contributed by atoms with E-state index in [2.05, 4.69) is 15.0 Å². The minimum Gasteiger partial charge on any atom is -0.253 e. The lowest BCUT2D eigenvalue weighted by Crippen LogP contribution is -2.10.